The largest absolute Gasteiger partial charge is 0.391 e. The van der Waals surface area contributed by atoms with Crippen LogP contribution in [-0.2, 0) is 0 Å². The highest BCUT2D eigenvalue weighted by Crippen LogP contribution is 2.18. The molecule has 0 aliphatic rings. The minimum absolute atomic E-state index is 0.0303. The van der Waals surface area contributed by atoms with E-state index in [1.54, 1.807) is 0 Å². The number of aliphatic hydroxyl groups is 1. The van der Waals surface area contributed by atoms with Crippen molar-refractivity contribution in [2.24, 2.45) is 5.92 Å². The summed E-state index contributed by atoms with van der Waals surface area (Å²) in [5, 5.41) is 14.9. The van der Waals surface area contributed by atoms with E-state index in [1.807, 2.05) is 13.8 Å². The molecule has 4 nitrogen and oxygen atoms in total. The van der Waals surface area contributed by atoms with Crippen LogP contribution in [0, 0.1) is 17.6 Å². The van der Waals surface area contributed by atoms with Crippen molar-refractivity contribution in [2.45, 2.75) is 26.4 Å². The Morgan fingerprint density at radius 1 is 1.28 bits per heavy atom. The predicted molar refractivity (Wildman–Crippen MR) is 67.7 cm³/mol. The summed E-state index contributed by atoms with van der Waals surface area (Å²) in [5.74, 6) is -1.27. The molecule has 1 aromatic heterocycles. The van der Waals surface area contributed by atoms with E-state index in [-0.39, 0.29) is 18.2 Å². The van der Waals surface area contributed by atoms with E-state index in [9.17, 15) is 13.9 Å². The number of anilines is 2. The fraction of sp³-hybridized carbons (Fsp3) is 0.583. The quantitative estimate of drug-likeness (QED) is 0.733. The van der Waals surface area contributed by atoms with Gasteiger partial charge in [-0.1, -0.05) is 13.8 Å². The van der Waals surface area contributed by atoms with Gasteiger partial charge in [0.25, 0.3) is 0 Å². The smallest absolute Gasteiger partial charge is 0.168 e. The van der Waals surface area contributed by atoms with Crippen LogP contribution in [0.15, 0.2) is 6.07 Å². The average molecular weight is 259 g/mol. The summed E-state index contributed by atoms with van der Waals surface area (Å²) < 4.78 is 26.6. The van der Waals surface area contributed by atoms with Gasteiger partial charge in [0.1, 0.15) is 0 Å². The Morgan fingerprint density at radius 3 is 2.44 bits per heavy atom. The van der Waals surface area contributed by atoms with Gasteiger partial charge in [-0.3, -0.25) is 0 Å². The maximum absolute atomic E-state index is 13.4. The van der Waals surface area contributed by atoms with Crippen molar-refractivity contribution in [3.8, 4) is 0 Å². The molecule has 1 aromatic rings. The van der Waals surface area contributed by atoms with Crippen molar-refractivity contribution in [3.63, 3.8) is 0 Å². The van der Waals surface area contributed by atoms with Crippen LogP contribution in [0.25, 0.3) is 0 Å². The first-order chi connectivity index (χ1) is 8.43. The molecule has 0 fully saturated rings. The molecule has 6 heteroatoms. The molecule has 1 heterocycles. The van der Waals surface area contributed by atoms with Gasteiger partial charge in [-0.2, -0.15) is 0 Å². The van der Waals surface area contributed by atoms with Crippen molar-refractivity contribution in [3.05, 3.63) is 17.7 Å². The monoisotopic (exact) mass is 259 g/mol. The van der Waals surface area contributed by atoms with Gasteiger partial charge < -0.3 is 15.7 Å². The molecule has 1 unspecified atom stereocenters. The van der Waals surface area contributed by atoms with Crippen molar-refractivity contribution < 1.29 is 13.9 Å². The summed E-state index contributed by atoms with van der Waals surface area (Å²) in [7, 11) is 1.50. The zero-order valence-corrected chi connectivity index (χ0v) is 10.8. The third kappa shape index (κ3) is 4.10. The van der Waals surface area contributed by atoms with Gasteiger partial charge in [0, 0.05) is 19.7 Å². The molecule has 1 atom stereocenters. The van der Waals surface area contributed by atoms with Gasteiger partial charge in [-0.15, -0.1) is 0 Å². The molecule has 18 heavy (non-hydrogen) atoms. The maximum atomic E-state index is 13.4. The normalized spacial score (nSPS) is 12.6. The Hall–Kier alpha value is -1.43. The standard InChI is InChI=1S/C12H19F2N3O/c1-7(2)4-8(18)6-16-12-10(14)5-9(13)11(15-3)17-12/h5,7-8,18H,4,6H2,1-3H3,(H2,15,16,17). The molecular weight excluding hydrogens is 240 g/mol. The van der Waals surface area contributed by atoms with Crippen LogP contribution in [0.4, 0.5) is 20.4 Å². The number of hydrogen-bond acceptors (Lipinski definition) is 4. The molecule has 1 rings (SSSR count). The highest BCUT2D eigenvalue weighted by molar-refractivity contribution is 5.47. The lowest BCUT2D eigenvalue weighted by molar-refractivity contribution is 0.161. The van der Waals surface area contributed by atoms with Crippen LogP contribution < -0.4 is 10.6 Å². The minimum atomic E-state index is -0.775. The number of aliphatic hydroxyl groups excluding tert-OH is 1. The predicted octanol–water partition coefficient (Wildman–Crippen LogP) is 2.22. The van der Waals surface area contributed by atoms with Crippen molar-refractivity contribution >= 4 is 11.6 Å². The molecule has 0 aliphatic heterocycles. The van der Waals surface area contributed by atoms with Crippen LogP contribution in [0.3, 0.4) is 0 Å². The zero-order valence-electron chi connectivity index (χ0n) is 10.8. The van der Waals surface area contributed by atoms with E-state index in [1.165, 1.54) is 7.05 Å². The van der Waals surface area contributed by atoms with E-state index in [2.05, 4.69) is 15.6 Å². The molecule has 0 spiro atoms. The number of rotatable bonds is 6. The Labute approximate surface area is 105 Å². The van der Waals surface area contributed by atoms with Gasteiger partial charge in [-0.05, 0) is 12.3 Å². The van der Waals surface area contributed by atoms with Gasteiger partial charge in [0.15, 0.2) is 23.3 Å². The number of nitrogens with zero attached hydrogens (tertiary/aromatic N) is 1. The average Bonchev–Trinajstić information content (AvgIpc) is 2.27. The van der Waals surface area contributed by atoms with Gasteiger partial charge in [0.05, 0.1) is 6.10 Å². The molecule has 0 amide bonds. The SMILES string of the molecule is CNc1nc(NCC(O)CC(C)C)c(F)cc1F. The molecule has 0 radical (unpaired) electrons. The third-order valence-electron chi connectivity index (χ3n) is 2.41. The summed E-state index contributed by atoms with van der Waals surface area (Å²) in [6, 6.07) is 0.760. The summed E-state index contributed by atoms with van der Waals surface area (Å²) in [6.45, 7) is 4.15. The van der Waals surface area contributed by atoms with E-state index >= 15 is 0 Å². The first-order valence-corrected chi connectivity index (χ1v) is 5.89. The van der Waals surface area contributed by atoms with Crippen molar-refractivity contribution in [2.75, 3.05) is 24.2 Å². The zero-order chi connectivity index (χ0) is 13.7. The lowest BCUT2D eigenvalue weighted by atomic mass is 10.1. The van der Waals surface area contributed by atoms with E-state index in [4.69, 9.17) is 0 Å². The second kappa shape index (κ2) is 6.49. The second-order valence-electron chi connectivity index (χ2n) is 4.56. The fourth-order valence-electron chi connectivity index (χ4n) is 1.61. The number of aromatic nitrogens is 1. The van der Waals surface area contributed by atoms with Crippen LogP contribution in [0.5, 0.6) is 0 Å². The topological polar surface area (TPSA) is 57.2 Å². The fourth-order valence-corrected chi connectivity index (χ4v) is 1.61. The Bertz CT molecular complexity index is 399. The highest BCUT2D eigenvalue weighted by Gasteiger charge is 2.12. The van der Waals surface area contributed by atoms with Gasteiger partial charge in [-0.25, -0.2) is 13.8 Å². The molecule has 0 aromatic carbocycles. The Kier molecular flexibility index (Phi) is 5.27. The number of hydrogen-bond donors (Lipinski definition) is 3. The molecule has 0 saturated heterocycles. The second-order valence-corrected chi connectivity index (χ2v) is 4.56. The summed E-state index contributed by atoms with van der Waals surface area (Å²) in [4.78, 5) is 3.76. The van der Waals surface area contributed by atoms with Crippen LogP contribution in [0.1, 0.15) is 20.3 Å². The van der Waals surface area contributed by atoms with Gasteiger partial charge >= 0.3 is 0 Å². The lowest BCUT2D eigenvalue weighted by Gasteiger charge is -2.15. The lowest BCUT2D eigenvalue weighted by Crippen LogP contribution is -2.22. The molecule has 0 aliphatic carbocycles. The molecule has 0 saturated carbocycles. The van der Waals surface area contributed by atoms with E-state index < -0.39 is 17.7 Å². The molecule has 3 N–H and O–H groups in total. The summed E-state index contributed by atoms with van der Waals surface area (Å²) in [5.41, 5.74) is 0. The van der Waals surface area contributed by atoms with Gasteiger partial charge in [0.2, 0.25) is 0 Å². The minimum Gasteiger partial charge on any atom is -0.391 e. The van der Waals surface area contributed by atoms with Crippen LogP contribution in [0.2, 0.25) is 0 Å². The summed E-state index contributed by atoms with van der Waals surface area (Å²) >= 11 is 0. The van der Waals surface area contributed by atoms with Crippen molar-refractivity contribution in [1.82, 2.24) is 4.98 Å². The number of pyridine rings is 1. The molecule has 0 bridgehead atoms. The van der Waals surface area contributed by atoms with Crippen LogP contribution in [-0.4, -0.2) is 29.8 Å². The Balaban J connectivity index is 2.67. The first-order valence-electron chi connectivity index (χ1n) is 5.89. The van der Waals surface area contributed by atoms with E-state index in [0.29, 0.717) is 12.3 Å². The van der Waals surface area contributed by atoms with Crippen LogP contribution >= 0.6 is 0 Å². The summed E-state index contributed by atoms with van der Waals surface area (Å²) in [6.07, 6.45) is 0.0172. The Morgan fingerprint density at radius 2 is 1.89 bits per heavy atom. The van der Waals surface area contributed by atoms with E-state index in [0.717, 1.165) is 6.07 Å². The number of nitrogens with one attached hydrogen (secondary N) is 2. The molecule has 102 valence electrons. The maximum Gasteiger partial charge on any atom is 0.168 e. The first kappa shape index (κ1) is 14.6. The molecular formula is C12H19F2N3O. The third-order valence-corrected chi connectivity index (χ3v) is 2.41. The number of halogens is 2. The van der Waals surface area contributed by atoms with Crippen molar-refractivity contribution in [1.29, 1.82) is 0 Å². The highest BCUT2D eigenvalue weighted by atomic mass is 19.1.